The molecule has 0 saturated carbocycles. The molecule has 1 fully saturated rings. The van der Waals surface area contributed by atoms with E-state index < -0.39 is 0 Å². The van der Waals surface area contributed by atoms with Gasteiger partial charge in [-0.05, 0) is 34.5 Å². The molecule has 2 N–H and O–H groups in total. The topological polar surface area (TPSA) is 44.5 Å². The number of nitrogens with two attached hydrogens (primary N) is 1. The third-order valence-electron chi connectivity index (χ3n) is 2.37. The molecule has 1 saturated heterocycles. The Hall–Kier alpha value is 0.0600. The molecule has 15 heavy (non-hydrogen) atoms. The molecule has 0 amide bonds. The average molecular weight is 292 g/mol. The highest BCUT2D eigenvalue weighted by atomic mass is 79.9. The van der Waals surface area contributed by atoms with E-state index in [0.29, 0.717) is 13.2 Å². The molecular formula is C10H14BrNO2S. The van der Waals surface area contributed by atoms with Crippen LogP contribution in [0.25, 0.3) is 0 Å². The highest BCUT2D eigenvalue weighted by Crippen LogP contribution is 2.30. The summed E-state index contributed by atoms with van der Waals surface area (Å²) >= 11 is 5.11. The minimum absolute atomic E-state index is 0.00741. The van der Waals surface area contributed by atoms with E-state index in [1.54, 1.807) is 11.3 Å². The lowest BCUT2D eigenvalue weighted by atomic mass is 10.2. The Labute approximate surface area is 102 Å². The normalized spacial score (nSPS) is 23.2. The van der Waals surface area contributed by atoms with Crippen molar-refractivity contribution in [3.8, 4) is 0 Å². The van der Waals surface area contributed by atoms with Crippen LogP contribution in [0.1, 0.15) is 17.4 Å². The number of halogens is 1. The van der Waals surface area contributed by atoms with E-state index in [1.165, 1.54) is 4.88 Å². The van der Waals surface area contributed by atoms with E-state index in [9.17, 15) is 0 Å². The molecule has 84 valence electrons. The first-order chi connectivity index (χ1) is 7.29. The standard InChI is InChI=1S/C10H14BrNO2S/c11-10-2-1-9(15-10)8(5-12)14-7-3-4-13-6-7/h1-2,7-8H,3-6,12H2. The number of rotatable bonds is 4. The highest BCUT2D eigenvalue weighted by Gasteiger charge is 2.22. The Balaban J connectivity index is 1.97. The highest BCUT2D eigenvalue weighted by molar-refractivity contribution is 9.11. The number of hydrogen-bond donors (Lipinski definition) is 1. The molecule has 2 heterocycles. The van der Waals surface area contributed by atoms with E-state index >= 15 is 0 Å². The third kappa shape index (κ3) is 3.01. The Morgan fingerprint density at radius 2 is 2.53 bits per heavy atom. The van der Waals surface area contributed by atoms with Crippen LogP contribution in [0, 0.1) is 0 Å². The van der Waals surface area contributed by atoms with Gasteiger partial charge in [-0.25, -0.2) is 0 Å². The van der Waals surface area contributed by atoms with Crippen molar-refractivity contribution in [3.63, 3.8) is 0 Å². The Bertz CT molecular complexity index is 312. The van der Waals surface area contributed by atoms with Gasteiger partial charge in [0.2, 0.25) is 0 Å². The second-order valence-corrected chi connectivity index (χ2v) is 5.98. The summed E-state index contributed by atoms with van der Waals surface area (Å²) in [6, 6.07) is 4.08. The van der Waals surface area contributed by atoms with E-state index in [4.69, 9.17) is 15.2 Å². The number of thiophene rings is 1. The summed E-state index contributed by atoms with van der Waals surface area (Å²) in [5.74, 6) is 0. The van der Waals surface area contributed by atoms with Crippen LogP contribution in [0.15, 0.2) is 15.9 Å². The van der Waals surface area contributed by atoms with Crippen molar-refractivity contribution in [3.05, 3.63) is 20.8 Å². The van der Waals surface area contributed by atoms with Crippen molar-refractivity contribution in [2.24, 2.45) is 5.73 Å². The van der Waals surface area contributed by atoms with Crippen LogP contribution in [-0.4, -0.2) is 25.9 Å². The number of ether oxygens (including phenoxy) is 2. The molecule has 1 aromatic rings. The lowest BCUT2D eigenvalue weighted by Crippen LogP contribution is -2.22. The summed E-state index contributed by atoms with van der Waals surface area (Å²) < 4.78 is 12.3. The zero-order valence-corrected chi connectivity index (χ0v) is 10.7. The molecule has 2 rings (SSSR count). The molecule has 0 aliphatic carbocycles. The van der Waals surface area contributed by atoms with Gasteiger partial charge in [-0.2, -0.15) is 0 Å². The van der Waals surface area contributed by atoms with E-state index in [2.05, 4.69) is 22.0 Å². The van der Waals surface area contributed by atoms with Crippen LogP contribution >= 0.6 is 27.3 Å². The van der Waals surface area contributed by atoms with E-state index in [0.717, 1.165) is 16.8 Å². The van der Waals surface area contributed by atoms with Crippen LogP contribution in [-0.2, 0) is 9.47 Å². The summed E-state index contributed by atoms with van der Waals surface area (Å²) in [5, 5.41) is 0. The van der Waals surface area contributed by atoms with Gasteiger partial charge in [0.1, 0.15) is 6.10 Å². The predicted octanol–water partition coefficient (Wildman–Crippen LogP) is 2.32. The van der Waals surface area contributed by atoms with Crippen LogP contribution in [0.2, 0.25) is 0 Å². The molecule has 1 aromatic heterocycles. The first-order valence-electron chi connectivity index (χ1n) is 4.98. The van der Waals surface area contributed by atoms with Gasteiger partial charge in [-0.1, -0.05) is 0 Å². The maximum atomic E-state index is 5.90. The number of hydrogen-bond acceptors (Lipinski definition) is 4. The molecule has 0 aromatic carbocycles. The fourth-order valence-corrected chi connectivity index (χ4v) is 3.07. The Morgan fingerprint density at radius 1 is 1.67 bits per heavy atom. The lowest BCUT2D eigenvalue weighted by Gasteiger charge is -2.18. The second kappa shape index (κ2) is 5.41. The van der Waals surface area contributed by atoms with Gasteiger partial charge >= 0.3 is 0 Å². The molecule has 0 radical (unpaired) electrons. The maximum absolute atomic E-state index is 5.90. The molecule has 2 unspecified atom stereocenters. The maximum Gasteiger partial charge on any atom is 0.104 e. The largest absolute Gasteiger partial charge is 0.379 e. The van der Waals surface area contributed by atoms with Gasteiger partial charge in [0.15, 0.2) is 0 Å². The molecular weight excluding hydrogens is 278 g/mol. The molecule has 5 heteroatoms. The lowest BCUT2D eigenvalue weighted by molar-refractivity contribution is -0.0108. The van der Waals surface area contributed by atoms with Crippen molar-refractivity contribution >= 4 is 27.3 Å². The first-order valence-corrected chi connectivity index (χ1v) is 6.59. The Kier molecular flexibility index (Phi) is 4.16. The summed E-state index contributed by atoms with van der Waals surface area (Å²) in [7, 11) is 0. The van der Waals surface area contributed by atoms with Crippen molar-refractivity contribution in [2.45, 2.75) is 18.6 Å². The van der Waals surface area contributed by atoms with Crippen LogP contribution in [0.3, 0.4) is 0 Å². The second-order valence-electron chi connectivity index (χ2n) is 3.49. The summed E-state index contributed by atoms with van der Waals surface area (Å²) in [6.45, 7) is 2.02. The first kappa shape index (κ1) is 11.5. The van der Waals surface area contributed by atoms with Gasteiger partial charge in [-0.3, -0.25) is 0 Å². The SMILES string of the molecule is NCC(OC1CCOC1)c1ccc(Br)s1. The molecule has 1 aliphatic rings. The molecule has 2 atom stereocenters. The van der Waals surface area contributed by atoms with E-state index in [1.807, 2.05) is 6.07 Å². The third-order valence-corrected chi connectivity index (χ3v) is 4.09. The van der Waals surface area contributed by atoms with Crippen molar-refractivity contribution in [1.82, 2.24) is 0 Å². The van der Waals surface area contributed by atoms with Gasteiger partial charge in [0.25, 0.3) is 0 Å². The fraction of sp³-hybridized carbons (Fsp3) is 0.600. The monoisotopic (exact) mass is 291 g/mol. The molecule has 1 aliphatic heterocycles. The quantitative estimate of drug-likeness (QED) is 0.926. The van der Waals surface area contributed by atoms with Crippen LogP contribution in [0.4, 0.5) is 0 Å². The molecule has 3 nitrogen and oxygen atoms in total. The van der Waals surface area contributed by atoms with Gasteiger partial charge in [-0.15, -0.1) is 11.3 Å². The summed E-state index contributed by atoms with van der Waals surface area (Å²) in [5.41, 5.74) is 5.72. The molecule has 0 spiro atoms. The van der Waals surface area contributed by atoms with Crippen molar-refractivity contribution < 1.29 is 9.47 Å². The van der Waals surface area contributed by atoms with Crippen LogP contribution in [0.5, 0.6) is 0 Å². The summed E-state index contributed by atoms with van der Waals surface area (Å²) in [6.07, 6.45) is 1.19. The summed E-state index contributed by atoms with van der Waals surface area (Å²) in [4.78, 5) is 1.18. The zero-order valence-electron chi connectivity index (χ0n) is 8.32. The molecule has 0 bridgehead atoms. The zero-order chi connectivity index (χ0) is 10.7. The minimum Gasteiger partial charge on any atom is -0.379 e. The predicted molar refractivity (Wildman–Crippen MR) is 64.1 cm³/mol. The minimum atomic E-state index is 0.00741. The fourth-order valence-electron chi connectivity index (χ4n) is 1.59. The smallest absolute Gasteiger partial charge is 0.104 e. The van der Waals surface area contributed by atoms with Gasteiger partial charge < -0.3 is 15.2 Å². The Morgan fingerprint density at radius 3 is 3.07 bits per heavy atom. The van der Waals surface area contributed by atoms with Crippen molar-refractivity contribution in [2.75, 3.05) is 19.8 Å². The van der Waals surface area contributed by atoms with Crippen molar-refractivity contribution in [1.29, 1.82) is 0 Å². The van der Waals surface area contributed by atoms with E-state index in [-0.39, 0.29) is 12.2 Å². The van der Waals surface area contributed by atoms with Gasteiger partial charge in [0.05, 0.1) is 16.5 Å². The van der Waals surface area contributed by atoms with Crippen LogP contribution < -0.4 is 5.73 Å². The van der Waals surface area contributed by atoms with Gasteiger partial charge in [0, 0.05) is 18.0 Å². The average Bonchev–Trinajstić information content (AvgIpc) is 2.85.